The van der Waals surface area contributed by atoms with Crippen LogP contribution < -0.4 is 0 Å². The van der Waals surface area contributed by atoms with Crippen molar-refractivity contribution in [2.24, 2.45) is 7.05 Å². The number of nitrogens with zero attached hydrogens (tertiary/aromatic N) is 2. The molecule has 0 radical (unpaired) electrons. The van der Waals surface area contributed by atoms with Crippen molar-refractivity contribution < 1.29 is 9.84 Å². The molecule has 1 saturated carbocycles. The highest BCUT2D eigenvalue weighted by atomic mass is 16.5. The van der Waals surface area contributed by atoms with Gasteiger partial charge in [-0.15, -0.1) is 0 Å². The van der Waals surface area contributed by atoms with Crippen LogP contribution in [0.1, 0.15) is 31.7 Å². The van der Waals surface area contributed by atoms with Crippen molar-refractivity contribution in [3.05, 3.63) is 18.0 Å². The van der Waals surface area contributed by atoms with Crippen molar-refractivity contribution in [3.63, 3.8) is 0 Å². The summed E-state index contributed by atoms with van der Waals surface area (Å²) in [5, 5.41) is 14.3. The first-order valence-corrected chi connectivity index (χ1v) is 5.93. The van der Waals surface area contributed by atoms with Crippen LogP contribution in [-0.4, -0.2) is 33.2 Å². The maximum absolute atomic E-state index is 10.2. The Labute approximate surface area is 96.2 Å². The average molecular weight is 224 g/mol. The van der Waals surface area contributed by atoms with Crippen molar-refractivity contribution in [1.82, 2.24) is 9.78 Å². The van der Waals surface area contributed by atoms with Crippen LogP contribution in [0.2, 0.25) is 0 Å². The van der Waals surface area contributed by atoms with Crippen molar-refractivity contribution in [2.45, 2.75) is 44.3 Å². The first-order chi connectivity index (χ1) is 7.61. The Balaban J connectivity index is 1.75. The van der Waals surface area contributed by atoms with E-state index in [4.69, 9.17) is 4.74 Å². The number of aryl methyl sites for hydroxylation is 2. The average Bonchev–Trinajstić information content (AvgIpc) is 2.59. The van der Waals surface area contributed by atoms with Gasteiger partial charge in [0.15, 0.2) is 0 Å². The topological polar surface area (TPSA) is 47.3 Å². The van der Waals surface area contributed by atoms with E-state index in [2.05, 4.69) is 5.10 Å². The predicted octanol–water partition coefficient (Wildman–Crippen LogP) is 1.28. The highest BCUT2D eigenvalue weighted by Gasteiger charge is 2.42. The molecule has 0 bridgehead atoms. The zero-order valence-electron chi connectivity index (χ0n) is 10.0. The fourth-order valence-corrected chi connectivity index (χ4v) is 2.32. The monoisotopic (exact) mass is 224 g/mol. The van der Waals surface area contributed by atoms with E-state index in [-0.39, 0.29) is 6.10 Å². The molecule has 2 rings (SSSR count). The lowest BCUT2D eigenvalue weighted by Gasteiger charge is -2.43. The zero-order valence-corrected chi connectivity index (χ0v) is 10.0. The zero-order chi connectivity index (χ0) is 11.6. The molecule has 1 aliphatic carbocycles. The molecule has 1 N–H and O–H groups in total. The van der Waals surface area contributed by atoms with E-state index in [1.165, 1.54) is 5.56 Å². The molecule has 1 fully saturated rings. The molecule has 4 nitrogen and oxygen atoms in total. The summed E-state index contributed by atoms with van der Waals surface area (Å²) in [7, 11) is 1.91. The number of ether oxygens (including phenoxy) is 1. The van der Waals surface area contributed by atoms with Gasteiger partial charge in [0.1, 0.15) is 0 Å². The molecule has 4 heteroatoms. The summed E-state index contributed by atoms with van der Waals surface area (Å²) in [6.07, 6.45) is 7.39. The predicted molar refractivity (Wildman–Crippen MR) is 61.1 cm³/mol. The van der Waals surface area contributed by atoms with E-state index in [1.54, 1.807) is 4.68 Å². The van der Waals surface area contributed by atoms with Crippen molar-refractivity contribution in [1.29, 1.82) is 0 Å². The van der Waals surface area contributed by atoms with Crippen LogP contribution >= 0.6 is 0 Å². The molecule has 1 heterocycles. The van der Waals surface area contributed by atoms with Gasteiger partial charge in [0.05, 0.1) is 17.9 Å². The van der Waals surface area contributed by atoms with E-state index in [1.807, 2.05) is 26.4 Å². The molecule has 0 atom stereocenters. The third-order valence-electron chi connectivity index (χ3n) is 3.26. The highest BCUT2D eigenvalue weighted by molar-refractivity contribution is 5.06. The Kier molecular flexibility index (Phi) is 3.30. The van der Waals surface area contributed by atoms with Gasteiger partial charge in [0.2, 0.25) is 0 Å². The Hall–Kier alpha value is -0.870. The molecule has 0 amide bonds. The van der Waals surface area contributed by atoms with Crippen LogP contribution in [-0.2, 0) is 18.2 Å². The SMILES string of the molecule is CCOC1CC(O)(CCc2cnn(C)c2)C1. The normalized spacial score (nSPS) is 29.1. The lowest BCUT2D eigenvalue weighted by Crippen LogP contribution is -2.48. The summed E-state index contributed by atoms with van der Waals surface area (Å²) in [4.78, 5) is 0. The fourth-order valence-electron chi connectivity index (χ4n) is 2.32. The number of rotatable bonds is 5. The molecule has 0 saturated heterocycles. The van der Waals surface area contributed by atoms with Gasteiger partial charge in [-0.2, -0.15) is 5.10 Å². The molecule has 1 aromatic heterocycles. The van der Waals surface area contributed by atoms with Crippen LogP contribution in [0, 0.1) is 0 Å². The van der Waals surface area contributed by atoms with Gasteiger partial charge in [-0.25, -0.2) is 0 Å². The second kappa shape index (κ2) is 4.55. The van der Waals surface area contributed by atoms with Gasteiger partial charge in [0, 0.05) is 32.7 Å². The van der Waals surface area contributed by atoms with E-state index >= 15 is 0 Å². The minimum Gasteiger partial charge on any atom is -0.390 e. The number of hydrogen-bond donors (Lipinski definition) is 1. The van der Waals surface area contributed by atoms with Crippen molar-refractivity contribution in [3.8, 4) is 0 Å². The lowest BCUT2D eigenvalue weighted by atomic mass is 9.74. The minimum absolute atomic E-state index is 0.267. The molecule has 16 heavy (non-hydrogen) atoms. The maximum Gasteiger partial charge on any atom is 0.0700 e. The molecular weight excluding hydrogens is 204 g/mol. The first kappa shape index (κ1) is 11.6. The van der Waals surface area contributed by atoms with E-state index in [0.717, 1.165) is 32.3 Å². The van der Waals surface area contributed by atoms with E-state index < -0.39 is 5.60 Å². The molecule has 1 aliphatic rings. The molecular formula is C12H20N2O2. The van der Waals surface area contributed by atoms with Gasteiger partial charge in [-0.3, -0.25) is 4.68 Å². The highest BCUT2D eigenvalue weighted by Crippen LogP contribution is 2.37. The molecule has 0 aromatic carbocycles. The van der Waals surface area contributed by atoms with E-state index in [0.29, 0.717) is 0 Å². The third kappa shape index (κ3) is 2.62. The van der Waals surface area contributed by atoms with Crippen molar-refractivity contribution >= 4 is 0 Å². The van der Waals surface area contributed by atoms with E-state index in [9.17, 15) is 5.11 Å². The van der Waals surface area contributed by atoms with Crippen LogP contribution in [0.15, 0.2) is 12.4 Å². The first-order valence-electron chi connectivity index (χ1n) is 5.93. The molecule has 0 aliphatic heterocycles. The van der Waals surface area contributed by atoms with Gasteiger partial charge in [-0.1, -0.05) is 0 Å². The molecule has 90 valence electrons. The maximum atomic E-state index is 10.2. The second-order valence-corrected chi connectivity index (χ2v) is 4.73. The fraction of sp³-hybridized carbons (Fsp3) is 0.750. The summed E-state index contributed by atoms with van der Waals surface area (Å²) >= 11 is 0. The van der Waals surface area contributed by atoms with Crippen LogP contribution in [0.4, 0.5) is 0 Å². The largest absolute Gasteiger partial charge is 0.390 e. The number of hydrogen-bond acceptors (Lipinski definition) is 3. The number of aromatic nitrogens is 2. The quantitative estimate of drug-likeness (QED) is 0.819. The standard InChI is InChI=1S/C12H20N2O2/c1-3-16-11-6-12(15,7-11)5-4-10-8-13-14(2)9-10/h8-9,11,15H,3-7H2,1-2H3. The molecule has 1 aromatic rings. The van der Waals surface area contributed by atoms with Crippen LogP contribution in [0.3, 0.4) is 0 Å². The third-order valence-corrected chi connectivity index (χ3v) is 3.26. The smallest absolute Gasteiger partial charge is 0.0700 e. The molecule has 0 spiro atoms. The summed E-state index contributed by atoms with van der Waals surface area (Å²) in [5.41, 5.74) is 0.686. The van der Waals surface area contributed by atoms with Gasteiger partial charge < -0.3 is 9.84 Å². The Bertz CT molecular complexity index is 343. The van der Waals surface area contributed by atoms with Crippen molar-refractivity contribution in [2.75, 3.05) is 6.61 Å². The summed E-state index contributed by atoms with van der Waals surface area (Å²) < 4.78 is 7.25. The van der Waals surface area contributed by atoms with Crippen LogP contribution in [0.5, 0.6) is 0 Å². The number of aliphatic hydroxyl groups is 1. The summed E-state index contributed by atoms with van der Waals surface area (Å²) in [5.74, 6) is 0. The summed E-state index contributed by atoms with van der Waals surface area (Å²) in [6, 6.07) is 0. The Morgan fingerprint density at radius 2 is 2.38 bits per heavy atom. The minimum atomic E-state index is -0.504. The van der Waals surface area contributed by atoms with Gasteiger partial charge in [-0.05, 0) is 25.3 Å². The lowest BCUT2D eigenvalue weighted by molar-refractivity contribution is -0.140. The second-order valence-electron chi connectivity index (χ2n) is 4.73. The summed E-state index contributed by atoms with van der Waals surface area (Å²) in [6.45, 7) is 2.73. The Morgan fingerprint density at radius 1 is 1.62 bits per heavy atom. The van der Waals surface area contributed by atoms with Gasteiger partial charge >= 0.3 is 0 Å². The van der Waals surface area contributed by atoms with Gasteiger partial charge in [0.25, 0.3) is 0 Å². The Morgan fingerprint density at radius 3 is 2.94 bits per heavy atom. The molecule has 0 unspecified atom stereocenters. The van der Waals surface area contributed by atoms with Crippen LogP contribution in [0.25, 0.3) is 0 Å².